The summed E-state index contributed by atoms with van der Waals surface area (Å²) in [4.78, 5) is 37.1. The number of ether oxygens (including phenoxy) is 3. The number of hydrogen-bond donors (Lipinski definition) is 2. The van der Waals surface area contributed by atoms with Crippen LogP contribution in [0, 0.1) is 28.8 Å². The van der Waals surface area contributed by atoms with Gasteiger partial charge >= 0.3 is 5.97 Å². The topological polar surface area (TPSA) is 161 Å². The van der Waals surface area contributed by atoms with Crippen LogP contribution in [0.1, 0.15) is 57.1 Å². The molecule has 0 radical (unpaired) electrons. The monoisotopic (exact) mass is 698 g/mol. The van der Waals surface area contributed by atoms with Gasteiger partial charge in [-0.05, 0) is 55.2 Å². The van der Waals surface area contributed by atoms with E-state index in [1.165, 1.54) is 37.6 Å². The van der Waals surface area contributed by atoms with Crippen molar-refractivity contribution in [1.82, 2.24) is 24.8 Å². The summed E-state index contributed by atoms with van der Waals surface area (Å²) in [5, 5.41) is 21.4. The van der Waals surface area contributed by atoms with Gasteiger partial charge in [0.1, 0.15) is 46.6 Å². The number of imidazole rings is 1. The second kappa shape index (κ2) is 13.4. The van der Waals surface area contributed by atoms with Crippen molar-refractivity contribution in [1.29, 1.82) is 5.26 Å². The molecule has 12 nitrogen and oxygen atoms in total. The van der Waals surface area contributed by atoms with Crippen LogP contribution in [0.5, 0.6) is 11.6 Å². The van der Waals surface area contributed by atoms with Gasteiger partial charge in [0.2, 0.25) is 5.88 Å². The number of halogens is 3. The molecular weight excluding hydrogens is 669 g/mol. The smallest absolute Gasteiger partial charge is 0.335 e. The Morgan fingerprint density at radius 2 is 1.90 bits per heavy atom. The third-order valence-electron chi connectivity index (χ3n) is 8.89. The van der Waals surface area contributed by atoms with Crippen molar-refractivity contribution in [2.75, 3.05) is 13.7 Å². The minimum atomic E-state index is -1.31. The van der Waals surface area contributed by atoms with Crippen LogP contribution in [0.3, 0.4) is 0 Å². The average molecular weight is 699 g/mol. The van der Waals surface area contributed by atoms with E-state index in [2.05, 4.69) is 26.3 Å². The summed E-state index contributed by atoms with van der Waals surface area (Å²) in [5.74, 6) is -3.55. The Morgan fingerprint density at radius 1 is 1.10 bits per heavy atom. The molecule has 0 spiro atoms. The predicted octanol–water partition coefficient (Wildman–Crippen LogP) is 5.36. The fraction of sp³-hybridized carbons (Fsp3) is 0.278. The number of benzene rings is 2. The second-order valence-corrected chi connectivity index (χ2v) is 12.3. The summed E-state index contributed by atoms with van der Waals surface area (Å²) in [6.45, 7) is 0.707. The minimum Gasteiger partial charge on any atom is -0.496 e. The molecule has 3 aromatic heterocycles. The normalized spacial score (nSPS) is 15.9. The summed E-state index contributed by atoms with van der Waals surface area (Å²) >= 11 is 0. The van der Waals surface area contributed by atoms with Crippen molar-refractivity contribution >= 4 is 22.9 Å². The number of carboxylic acid groups (broad SMARTS) is 1. The zero-order chi connectivity index (χ0) is 35.9. The molecule has 2 fully saturated rings. The number of nitrogens with one attached hydrogen (secondary N) is 1. The van der Waals surface area contributed by atoms with Crippen molar-refractivity contribution in [3.63, 3.8) is 0 Å². The minimum absolute atomic E-state index is 0.0507. The van der Waals surface area contributed by atoms with Crippen molar-refractivity contribution in [2.24, 2.45) is 0 Å². The Hall–Kier alpha value is -6.01. The standard InChI is InChI=1S/C36H29F3N6O6/c1-49-30-14-28(34(46)44-36(18-40)6-7-36)41-15-21(30)17-51-32-4-2-3-27(42-32)23-13-24(37)19(9-25(23)38)12-31-43-33-26(39)10-20(35(47)48)11-29(33)45(31)16-22-5-8-50-22/h2-4,9-11,13-15,22H,5-8,12,16-17H2,1H3,(H,44,46)(H,47,48). The molecule has 15 heteroatoms. The van der Waals surface area contributed by atoms with Crippen molar-refractivity contribution in [3.8, 4) is 29.0 Å². The molecule has 1 unspecified atom stereocenters. The summed E-state index contributed by atoms with van der Waals surface area (Å²) in [6, 6.07) is 12.3. The average Bonchev–Trinajstić information content (AvgIpc) is 3.79. The maximum atomic E-state index is 15.6. The fourth-order valence-electron chi connectivity index (χ4n) is 5.77. The van der Waals surface area contributed by atoms with Gasteiger partial charge in [0.25, 0.3) is 5.91 Å². The molecule has 260 valence electrons. The largest absolute Gasteiger partial charge is 0.496 e. The van der Waals surface area contributed by atoms with E-state index in [9.17, 15) is 24.3 Å². The van der Waals surface area contributed by atoms with Gasteiger partial charge in [-0.1, -0.05) is 6.07 Å². The molecule has 1 atom stereocenters. The zero-order valence-corrected chi connectivity index (χ0v) is 27.1. The zero-order valence-electron chi connectivity index (χ0n) is 27.1. The SMILES string of the molecule is COc1cc(C(=O)NC2(C#N)CC2)ncc1COc1cccc(-c2cc(F)c(Cc3nc4c(F)cc(C(=O)O)cc4n3CC3CCO3)cc2F)n1. The lowest BCUT2D eigenvalue weighted by molar-refractivity contribution is -0.0589. The number of carbonyl (C=O) groups excluding carboxylic acids is 1. The first-order valence-corrected chi connectivity index (χ1v) is 15.9. The Balaban J connectivity index is 1.10. The number of nitrogens with zero attached hydrogens (tertiary/aromatic N) is 5. The quantitative estimate of drug-likeness (QED) is 0.174. The molecule has 1 aliphatic carbocycles. The van der Waals surface area contributed by atoms with E-state index in [1.54, 1.807) is 10.6 Å². The Kier molecular flexibility index (Phi) is 8.78. The first kappa shape index (κ1) is 33.5. The molecule has 0 bridgehead atoms. The number of carbonyl (C=O) groups is 2. The van der Waals surface area contributed by atoms with Gasteiger partial charge < -0.3 is 29.2 Å². The van der Waals surface area contributed by atoms with Crippen LogP contribution in [-0.2, 0) is 24.3 Å². The lowest BCUT2D eigenvalue weighted by Gasteiger charge is -2.27. The van der Waals surface area contributed by atoms with E-state index in [0.29, 0.717) is 30.8 Å². The molecule has 1 amide bonds. The number of nitriles is 1. The molecule has 4 heterocycles. The van der Waals surface area contributed by atoms with Gasteiger partial charge in [0, 0.05) is 42.5 Å². The number of hydrogen-bond acceptors (Lipinski definition) is 9. The summed E-state index contributed by atoms with van der Waals surface area (Å²) in [5.41, 5.74) is -0.511. The van der Waals surface area contributed by atoms with Crippen molar-refractivity contribution in [3.05, 3.63) is 100 Å². The Bertz CT molecular complexity index is 2250. The van der Waals surface area contributed by atoms with E-state index in [4.69, 9.17) is 14.2 Å². The first-order chi connectivity index (χ1) is 24.6. The van der Waals surface area contributed by atoms with Gasteiger partial charge in [0.05, 0.1) is 42.6 Å². The molecule has 2 aromatic carbocycles. The van der Waals surface area contributed by atoms with Crippen LogP contribution >= 0.6 is 0 Å². The van der Waals surface area contributed by atoms with Gasteiger partial charge in [-0.2, -0.15) is 5.26 Å². The van der Waals surface area contributed by atoms with E-state index in [-0.39, 0.29) is 76.5 Å². The number of aromatic carboxylic acids is 1. The van der Waals surface area contributed by atoms with Crippen molar-refractivity contribution in [2.45, 2.75) is 50.5 Å². The highest BCUT2D eigenvalue weighted by Crippen LogP contribution is 2.35. The third kappa shape index (κ3) is 6.78. The van der Waals surface area contributed by atoms with Crippen LogP contribution in [0.15, 0.2) is 54.7 Å². The van der Waals surface area contributed by atoms with Gasteiger partial charge in [-0.3, -0.25) is 9.78 Å². The van der Waals surface area contributed by atoms with E-state index >= 15 is 8.78 Å². The number of amides is 1. The molecule has 1 saturated heterocycles. The van der Waals surface area contributed by atoms with E-state index in [1.807, 2.05) is 0 Å². The van der Waals surface area contributed by atoms with Crippen LogP contribution in [0.25, 0.3) is 22.3 Å². The summed E-state index contributed by atoms with van der Waals surface area (Å²) in [6.07, 6.45) is 2.87. The maximum Gasteiger partial charge on any atom is 0.335 e. The molecular formula is C36H29F3N6O6. The van der Waals surface area contributed by atoms with Crippen molar-refractivity contribution < 1.29 is 42.1 Å². The molecule has 2 aliphatic rings. The van der Waals surface area contributed by atoms with Crippen LogP contribution in [0.2, 0.25) is 0 Å². The second-order valence-electron chi connectivity index (χ2n) is 12.3. The Labute approximate surface area is 288 Å². The number of methoxy groups -OCH3 is 1. The van der Waals surface area contributed by atoms with Crippen LogP contribution < -0.4 is 14.8 Å². The Morgan fingerprint density at radius 3 is 2.59 bits per heavy atom. The number of aromatic nitrogens is 4. The number of rotatable bonds is 12. The third-order valence-corrected chi connectivity index (χ3v) is 8.89. The predicted molar refractivity (Wildman–Crippen MR) is 174 cm³/mol. The van der Waals surface area contributed by atoms with Gasteiger partial charge in [0.15, 0.2) is 5.82 Å². The number of pyridine rings is 2. The number of fused-ring (bicyclic) bond motifs is 1. The maximum absolute atomic E-state index is 15.6. The molecule has 5 aromatic rings. The van der Waals surface area contributed by atoms with Crippen LogP contribution in [-0.4, -0.2) is 61.9 Å². The fourth-order valence-corrected chi connectivity index (χ4v) is 5.77. The molecule has 1 saturated carbocycles. The first-order valence-electron chi connectivity index (χ1n) is 15.9. The summed E-state index contributed by atoms with van der Waals surface area (Å²) < 4.78 is 64.5. The molecule has 1 aliphatic heterocycles. The van der Waals surface area contributed by atoms with Crippen LogP contribution in [0.4, 0.5) is 13.2 Å². The highest BCUT2D eigenvalue weighted by molar-refractivity contribution is 5.94. The lowest BCUT2D eigenvalue weighted by Crippen LogP contribution is -2.36. The molecule has 51 heavy (non-hydrogen) atoms. The molecule has 7 rings (SSSR count). The highest BCUT2D eigenvalue weighted by atomic mass is 19.1. The van der Waals surface area contributed by atoms with Gasteiger partial charge in [-0.25, -0.2) is 27.9 Å². The van der Waals surface area contributed by atoms with E-state index in [0.717, 1.165) is 24.6 Å². The lowest BCUT2D eigenvalue weighted by atomic mass is 10.0. The number of carboxylic acids is 1. The molecule has 2 N–H and O–H groups in total. The highest BCUT2D eigenvalue weighted by Gasteiger charge is 2.45. The van der Waals surface area contributed by atoms with E-state index < -0.39 is 34.9 Å². The van der Waals surface area contributed by atoms with Gasteiger partial charge in [-0.15, -0.1) is 0 Å². The summed E-state index contributed by atoms with van der Waals surface area (Å²) in [7, 11) is 1.42.